The number of hydrogen-bond donors (Lipinski definition) is 0. The lowest BCUT2D eigenvalue weighted by atomic mass is 9.90. The number of methoxy groups -OCH3 is 1. The van der Waals surface area contributed by atoms with Crippen LogP contribution in [-0.2, 0) is 20.7 Å². The van der Waals surface area contributed by atoms with Gasteiger partial charge in [-0.2, -0.15) is 0 Å². The van der Waals surface area contributed by atoms with Crippen molar-refractivity contribution in [1.82, 2.24) is 9.80 Å². The predicted molar refractivity (Wildman–Crippen MR) is 130 cm³/mol. The normalized spacial score (nSPS) is 16.0. The molecule has 1 aliphatic heterocycles. The van der Waals surface area contributed by atoms with Gasteiger partial charge >= 0.3 is 0 Å². The van der Waals surface area contributed by atoms with Crippen molar-refractivity contribution in [3.8, 4) is 0 Å². The van der Waals surface area contributed by atoms with Crippen LogP contribution in [0.5, 0.6) is 0 Å². The Kier molecular flexibility index (Phi) is 8.12. The van der Waals surface area contributed by atoms with Crippen LogP contribution in [0.4, 0.5) is 0 Å². The fourth-order valence-corrected chi connectivity index (χ4v) is 5.23. The number of rotatable bonds is 8. The fourth-order valence-electron chi connectivity index (χ4n) is 4.33. The molecule has 0 bridgehead atoms. The Hall–Kier alpha value is -2.18. The molecule has 6 heteroatoms. The molecule has 5 nitrogen and oxygen atoms in total. The Balaban J connectivity index is 1.85. The number of fused-ring (bicyclic) bond motifs is 1. The summed E-state index contributed by atoms with van der Waals surface area (Å²) in [5.74, 6) is 0.0393. The summed E-state index contributed by atoms with van der Waals surface area (Å²) in [6.07, 6.45) is 2.00. The smallest absolute Gasteiger partial charge is 0.242 e. The van der Waals surface area contributed by atoms with E-state index in [1.165, 1.54) is 16.0 Å². The molecule has 2 amide bonds. The minimum absolute atomic E-state index is 0.00905. The summed E-state index contributed by atoms with van der Waals surface area (Å²) in [7, 11) is 1.66. The third kappa shape index (κ3) is 5.99. The van der Waals surface area contributed by atoms with E-state index in [0.29, 0.717) is 26.1 Å². The summed E-state index contributed by atoms with van der Waals surface area (Å²) in [6, 6.07) is 10.3. The SMILES string of the molecule is COCCCN(CC(=O)N1CCc2sccc2C1c1ccccc1C)C(=O)CC(C)(C)C. The molecule has 0 saturated heterocycles. The molecule has 1 aromatic carbocycles. The number of amides is 2. The molecule has 3 rings (SSSR count). The third-order valence-electron chi connectivity index (χ3n) is 5.91. The van der Waals surface area contributed by atoms with Gasteiger partial charge in [0.05, 0.1) is 12.6 Å². The number of carbonyl (C=O) groups is 2. The Labute approximate surface area is 196 Å². The van der Waals surface area contributed by atoms with Crippen molar-refractivity contribution in [2.45, 2.75) is 53.0 Å². The average Bonchev–Trinajstić information content (AvgIpc) is 3.20. The predicted octanol–water partition coefficient (Wildman–Crippen LogP) is 4.83. The van der Waals surface area contributed by atoms with E-state index in [1.54, 1.807) is 23.3 Å². The van der Waals surface area contributed by atoms with E-state index in [-0.39, 0.29) is 29.8 Å². The molecular formula is C26H36N2O3S. The van der Waals surface area contributed by atoms with Crippen LogP contribution in [0.3, 0.4) is 0 Å². The number of aryl methyl sites for hydroxylation is 1. The van der Waals surface area contributed by atoms with Crippen LogP contribution < -0.4 is 0 Å². The highest BCUT2D eigenvalue weighted by atomic mass is 32.1. The van der Waals surface area contributed by atoms with Crippen molar-refractivity contribution < 1.29 is 14.3 Å². The van der Waals surface area contributed by atoms with Gasteiger partial charge in [-0.1, -0.05) is 45.0 Å². The van der Waals surface area contributed by atoms with Crippen LogP contribution in [0.25, 0.3) is 0 Å². The first kappa shape index (κ1) is 24.5. The Morgan fingerprint density at radius 2 is 1.94 bits per heavy atom. The molecule has 0 spiro atoms. The lowest BCUT2D eigenvalue weighted by Gasteiger charge is -2.38. The molecule has 0 radical (unpaired) electrons. The molecular weight excluding hydrogens is 420 g/mol. The van der Waals surface area contributed by atoms with Crippen LogP contribution >= 0.6 is 11.3 Å². The third-order valence-corrected chi connectivity index (χ3v) is 6.90. The van der Waals surface area contributed by atoms with Crippen molar-refractivity contribution in [3.05, 3.63) is 57.3 Å². The molecule has 2 aromatic rings. The Bertz CT molecular complexity index is 931. The van der Waals surface area contributed by atoms with E-state index in [1.807, 2.05) is 17.0 Å². The van der Waals surface area contributed by atoms with Crippen molar-refractivity contribution in [2.24, 2.45) is 5.41 Å². The highest BCUT2D eigenvalue weighted by Crippen LogP contribution is 2.39. The summed E-state index contributed by atoms with van der Waals surface area (Å²) >= 11 is 1.77. The molecule has 1 aromatic heterocycles. The number of benzene rings is 1. The minimum atomic E-state index is -0.125. The monoisotopic (exact) mass is 456 g/mol. The molecule has 0 aliphatic carbocycles. The Morgan fingerprint density at radius 1 is 1.19 bits per heavy atom. The summed E-state index contributed by atoms with van der Waals surface area (Å²) in [6.45, 7) is 10.1. The number of thiophene rings is 1. The quantitative estimate of drug-likeness (QED) is 0.535. The zero-order chi connectivity index (χ0) is 23.3. The highest BCUT2D eigenvalue weighted by molar-refractivity contribution is 7.10. The number of hydrogen-bond acceptors (Lipinski definition) is 4. The molecule has 2 heterocycles. The average molecular weight is 457 g/mol. The second kappa shape index (κ2) is 10.6. The largest absolute Gasteiger partial charge is 0.385 e. The van der Waals surface area contributed by atoms with E-state index in [0.717, 1.165) is 18.4 Å². The summed E-state index contributed by atoms with van der Waals surface area (Å²) in [5.41, 5.74) is 3.43. The van der Waals surface area contributed by atoms with Gasteiger partial charge < -0.3 is 14.5 Å². The van der Waals surface area contributed by atoms with Gasteiger partial charge in [-0.05, 0) is 53.3 Å². The molecule has 174 valence electrons. The molecule has 1 unspecified atom stereocenters. The zero-order valence-corrected chi connectivity index (χ0v) is 20.8. The Morgan fingerprint density at radius 3 is 2.62 bits per heavy atom. The van der Waals surface area contributed by atoms with Gasteiger partial charge in [0.25, 0.3) is 0 Å². The maximum Gasteiger partial charge on any atom is 0.242 e. The molecule has 0 N–H and O–H groups in total. The van der Waals surface area contributed by atoms with Crippen LogP contribution in [-0.4, -0.2) is 55.0 Å². The zero-order valence-electron chi connectivity index (χ0n) is 20.0. The highest BCUT2D eigenvalue weighted by Gasteiger charge is 2.34. The van der Waals surface area contributed by atoms with Crippen molar-refractivity contribution in [2.75, 3.05) is 33.4 Å². The van der Waals surface area contributed by atoms with E-state index in [9.17, 15) is 9.59 Å². The van der Waals surface area contributed by atoms with Gasteiger partial charge in [-0.25, -0.2) is 0 Å². The molecule has 0 fully saturated rings. The van der Waals surface area contributed by atoms with Gasteiger partial charge in [-0.3, -0.25) is 9.59 Å². The van der Waals surface area contributed by atoms with Crippen LogP contribution in [0, 0.1) is 12.3 Å². The molecule has 0 saturated carbocycles. The first-order valence-corrected chi connectivity index (χ1v) is 12.3. The van der Waals surface area contributed by atoms with E-state index >= 15 is 0 Å². The van der Waals surface area contributed by atoms with Crippen LogP contribution in [0.2, 0.25) is 0 Å². The van der Waals surface area contributed by atoms with Gasteiger partial charge in [0, 0.05) is 38.1 Å². The number of carbonyl (C=O) groups excluding carboxylic acids is 2. The first-order valence-electron chi connectivity index (χ1n) is 11.4. The molecule has 1 aliphatic rings. The van der Waals surface area contributed by atoms with Gasteiger partial charge in [0.1, 0.15) is 0 Å². The first-order chi connectivity index (χ1) is 15.2. The molecule has 32 heavy (non-hydrogen) atoms. The van der Waals surface area contributed by atoms with Crippen molar-refractivity contribution >= 4 is 23.2 Å². The van der Waals surface area contributed by atoms with E-state index in [4.69, 9.17) is 4.74 Å². The number of nitrogens with zero attached hydrogens (tertiary/aromatic N) is 2. The standard InChI is InChI=1S/C26H36N2O3S/c1-19-9-6-7-10-20(19)25-21-12-16-32-22(21)11-14-28(25)24(30)18-27(13-8-15-31-5)23(29)17-26(2,3)4/h6-7,9-10,12,16,25H,8,11,13-15,17-18H2,1-5H3. The topological polar surface area (TPSA) is 49.9 Å². The fraction of sp³-hybridized carbons (Fsp3) is 0.538. The minimum Gasteiger partial charge on any atom is -0.385 e. The molecule has 1 atom stereocenters. The lowest BCUT2D eigenvalue weighted by molar-refractivity contribution is -0.142. The number of ether oxygens (including phenoxy) is 1. The van der Waals surface area contributed by atoms with E-state index < -0.39 is 0 Å². The second-order valence-corrected chi connectivity index (χ2v) is 10.8. The van der Waals surface area contributed by atoms with Gasteiger partial charge in [0.15, 0.2) is 0 Å². The maximum absolute atomic E-state index is 13.6. The van der Waals surface area contributed by atoms with Gasteiger partial charge in [-0.15, -0.1) is 11.3 Å². The van der Waals surface area contributed by atoms with Gasteiger partial charge in [0.2, 0.25) is 11.8 Å². The maximum atomic E-state index is 13.6. The van der Waals surface area contributed by atoms with Crippen molar-refractivity contribution in [3.63, 3.8) is 0 Å². The van der Waals surface area contributed by atoms with Crippen LogP contribution in [0.1, 0.15) is 61.2 Å². The lowest BCUT2D eigenvalue weighted by Crippen LogP contribution is -2.47. The van der Waals surface area contributed by atoms with E-state index in [2.05, 4.69) is 51.3 Å². The summed E-state index contributed by atoms with van der Waals surface area (Å²) in [5, 5.41) is 2.12. The summed E-state index contributed by atoms with van der Waals surface area (Å²) < 4.78 is 5.18. The van der Waals surface area contributed by atoms with Crippen molar-refractivity contribution in [1.29, 1.82) is 0 Å². The van der Waals surface area contributed by atoms with Crippen LogP contribution in [0.15, 0.2) is 35.7 Å². The summed E-state index contributed by atoms with van der Waals surface area (Å²) in [4.78, 5) is 31.7. The second-order valence-electron chi connectivity index (χ2n) is 9.79.